The van der Waals surface area contributed by atoms with Gasteiger partial charge in [-0.1, -0.05) is 0 Å². The van der Waals surface area contributed by atoms with Gasteiger partial charge in [-0.05, 0) is 0 Å². The van der Waals surface area contributed by atoms with E-state index in [2.05, 4.69) is 157 Å². The van der Waals surface area contributed by atoms with Crippen LogP contribution in [0.25, 0.3) is 43.1 Å². The molecule has 0 nitrogen and oxygen atoms in total. The van der Waals surface area contributed by atoms with Crippen molar-refractivity contribution in [1.29, 1.82) is 0 Å². The van der Waals surface area contributed by atoms with E-state index in [-0.39, 0.29) is 0 Å². The molecule has 0 saturated carbocycles. The van der Waals surface area contributed by atoms with Crippen molar-refractivity contribution in [3.05, 3.63) is 83.9 Å². The molecule has 0 atom stereocenters. The molecule has 0 saturated heterocycles. The Hall–Kier alpha value is -2.98. The van der Waals surface area contributed by atoms with E-state index in [9.17, 15) is 0 Å². The molecule has 0 aliphatic heterocycles. The summed E-state index contributed by atoms with van der Waals surface area (Å²) in [4.78, 5) is 0. The average molecular weight is 642 g/mol. The van der Waals surface area contributed by atoms with Gasteiger partial charge in [0.25, 0.3) is 0 Å². The first-order chi connectivity index (χ1) is 20.6. The molecule has 5 aromatic carbocycles. The maximum atomic E-state index is 4.09. The van der Waals surface area contributed by atoms with E-state index in [4.69, 9.17) is 0 Å². The summed E-state index contributed by atoms with van der Waals surface area (Å²) in [5, 5.41) is 13.8. The van der Waals surface area contributed by atoms with Gasteiger partial charge in [0, 0.05) is 0 Å². The van der Waals surface area contributed by atoms with Crippen molar-refractivity contribution in [2.75, 3.05) is 0 Å². The summed E-state index contributed by atoms with van der Waals surface area (Å²) >= 11 is -2.25. The van der Waals surface area contributed by atoms with E-state index in [1.165, 1.54) is 70.0 Å². The summed E-state index contributed by atoms with van der Waals surface area (Å²) in [7, 11) is -1.94. The van der Waals surface area contributed by atoms with Gasteiger partial charge in [-0.25, -0.2) is 0 Å². The second-order valence-electron chi connectivity index (χ2n) is 13.5. The van der Waals surface area contributed by atoms with Crippen molar-refractivity contribution in [1.82, 2.24) is 0 Å². The van der Waals surface area contributed by atoms with Crippen LogP contribution in [0.3, 0.4) is 0 Å². The Bertz CT molecular complexity index is 1810. The zero-order valence-corrected chi connectivity index (χ0v) is 30.9. The van der Waals surface area contributed by atoms with Gasteiger partial charge in [0.2, 0.25) is 0 Å². The first-order valence-corrected chi connectivity index (χ1v) is 24.2. The van der Waals surface area contributed by atoms with Crippen LogP contribution >= 0.6 is 0 Å². The molecule has 0 unspecified atom stereocenters. The van der Waals surface area contributed by atoms with E-state index >= 15 is 0 Å². The summed E-state index contributed by atoms with van der Waals surface area (Å²) in [6.45, 7) is 21.5. The van der Waals surface area contributed by atoms with Gasteiger partial charge in [-0.15, -0.1) is 0 Å². The number of fused-ring (bicyclic) bond motifs is 4. The summed E-state index contributed by atoms with van der Waals surface area (Å²) in [5.41, 5.74) is 8.22. The molecular weight excluding hydrogens is 593 g/mol. The van der Waals surface area contributed by atoms with Crippen molar-refractivity contribution >= 4 is 64.4 Å². The first-order valence-electron chi connectivity index (χ1n) is 16.5. The summed E-state index contributed by atoms with van der Waals surface area (Å²) in [5.74, 6) is 7.86. The Morgan fingerprint density at radius 2 is 0.860 bits per heavy atom. The third kappa shape index (κ3) is 5.57. The van der Waals surface area contributed by atoms with Gasteiger partial charge >= 0.3 is 265 Å². The summed E-state index contributed by atoms with van der Waals surface area (Å²) < 4.78 is 4.01. The zero-order chi connectivity index (χ0) is 30.9. The molecule has 0 amide bonds. The minimum absolute atomic E-state index is 0.585. The standard InChI is InChI=1S/C41H48GeSi/c1-10-42(11-2,12-3)23-21-36-38-25-32-17-13-15-19-34(32)27-40(38)37(22-24-43(29(4)5,30(6)7)31(8)9)41-28-35-20-16-14-18-33(35)26-39(36)41/h13-20,25-31H,10-12H2,1-9H3. The van der Waals surface area contributed by atoms with E-state index < -0.39 is 21.3 Å². The molecule has 0 bridgehead atoms. The fraction of sp³-hybridized carbons (Fsp3) is 0.366. The molecule has 0 aliphatic rings. The minimum atomic E-state index is -2.25. The molecule has 0 N–H and O–H groups in total. The van der Waals surface area contributed by atoms with Gasteiger partial charge in [0.05, 0.1) is 0 Å². The van der Waals surface area contributed by atoms with Gasteiger partial charge in [0.1, 0.15) is 0 Å². The quantitative estimate of drug-likeness (QED) is 0.0983. The molecule has 0 aromatic heterocycles. The predicted molar refractivity (Wildman–Crippen MR) is 198 cm³/mol. The van der Waals surface area contributed by atoms with Crippen LogP contribution < -0.4 is 0 Å². The Balaban J connectivity index is 2.01. The van der Waals surface area contributed by atoms with Crippen LogP contribution in [0.15, 0.2) is 72.8 Å². The van der Waals surface area contributed by atoms with Crippen molar-refractivity contribution in [2.24, 2.45) is 0 Å². The van der Waals surface area contributed by atoms with Crippen LogP contribution in [0.4, 0.5) is 0 Å². The van der Waals surface area contributed by atoms with Crippen molar-refractivity contribution < 1.29 is 0 Å². The van der Waals surface area contributed by atoms with E-state index in [0.717, 1.165) is 0 Å². The van der Waals surface area contributed by atoms with Crippen LogP contribution in [0.5, 0.6) is 0 Å². The van der Waals surface area contributed by atoms with Crippen LogP contribution in [-0.4, -0.2) is 21.3 Å². The van der Waals surface area contributed by atoms with Gasteiger partial charge < -0.3 is 0 Å². The van der Waals surface area contributed by atoms with Crippen LogP contribution in [0.2, 0.25) is 32.4 Å². The molecule has 5 aromatic rings. The summed E-state index contributed by atoms with van der Waals surface area (Å²) in [6, 6.07) is 27.1. The molecule has 43 heavy (non-hydrogen) atoms. The van der Waals surface area contributed by atoms with Crippen LogP contribution in [0.1, 0.15) is 73.4 Å². The number of rotatable bonds is 6. The molecule has 0 aliphatic carbocycles. The van der Waals surface area contributed by atoms with Gasteiger partial charge in [-0.3, -0.25) is 0 Å². The molecule has 220 valence electrons. The molecule has 0 fully saturated rings. The monoisotopic (exact) mass is 642 g/mol. The average Bonchev–Trinajstić information content (AvgIpc) is 3.00. The molecule has 0 spiro atoms. The third-order valence-electron chi connectivity index (χ3n) is 10.6. The Morgan fingerprint density at radius 1 is 0.535 bits per heavy atom. The molecule has 0 heterocycles. The molecule has 2 heteroatoms. The fourth-order valence-electron chi connectivity index (χ4n) is 7.68. The molecular formula is C41H48GeSi. The SMILES string of the molecule is C[CH2][Ge]([C]#Cc1c2cc3ccccc3cc2c(C#C[Si](C(C)C)(C(C)C)C(C)C)c2cc3ccccc3cc12)([CH2]C)[CH2]C. The van der Waals surface area contributed by atoms with E-state index in [1.807, 2.05) is 0 Å². The van der Waals surface area contributed by atoms with Crippen molar-refractivity contribution in [3.8, 4) is 22.1 Å². The first kappa shape index (κ1) is 31.4. The topological polar surface area (TPSA) is 0 Å². The van der Waals surface area contributed by atoms with Crippen molar-refractivity contribution in [2.45, 2.75) is 94.7 Å². The number of hydrogen-bond acceptors (Lipinski definition) is 0. The molecule has 5 rings (SSSR count). The fourth-order valence-corrected chi connectivity index (χ4v) is 18.0. The maximum absolute atomic E-state index is 4.09. The number of hydrogen-bond donors (Lipinski definition) is 0. The van der Waals surface area contributed by atoms with Crippen LogP contribution in [-0.2, 0) is 0 Å². The Morgan fingerprint density at radius 3 is 1.16 bits per heavy atom. The third-order valence-corrected chi connectivity index (χ3v) is 26.8. The second-order valence-corrected chi connectivity index (χ2v) is 29.4. The second kappa shape index (κ2) is 12.6. The van der Waals surface area contributed by atoms with Crippen LogP contribution in [0, 0.1) is 22.1 Å². The number of benzene rings is 5. The normalized spacial score (nSPS) is 12.4. The van der Waals surface area contributed by atoms with E-state index in [1.54, 1.807) is 0 Å². The van der Waals surface area contributed by atoms with E-state index in [0.29, 0.717) is 16.6 Å². The summed E-state index contributed by atoms with van der Waals surface area (Å²) in [6.07, 6.45) is 0. The Kier molecular flexibility index (Phi) is 9.18. The Labute approximate surface area is 264 Å². The van der Waals surface area contributed by atoms with Gasteiger partial charge in [0.15, 0.2) is 0 Å². The predicted octanol–water partition coefficient (Wildman–Crippen LogP) is 12.3. The molecule has 0 radical (unpaired) electrons. The van der Waals surface area contributed by atoms with Crippen molar-refractivity contribution in [3.63, 3.8) is 0 Å². The van der Waals surface area contributed by atoms with Gasteiger partial charge in [-0.2, -0.15) is 0 Å². The zero-order valence-electron chi connectivity index (χ0n) is 27.8.